The predicted octanol–water partition coefficient (Wildman–Crippen LogP) is 3.96. The average molecular weight is 375 g/mol. The molecule has 0 fully saturated rings. The Morgan fingerprint density at radius 2 is 1.81 bits per heavy atom. The Morgan fingerprint density at radius 1 is 1.08 bits per heavy atom. The number of hydrogen-bond acceptors (Lipinski definition) is 3. The van der Waals surface area contributed by atoms with Gasteiger partial charge in [0, 0.05) is 17.8 Å². The minimum absolute atomic E-state index is 0.0637. The minimum Gasteiger partial charge on any atom is -0.352 e. The van der Waals surface area contributed by atoms with Crippen LogP contribution in [0, 0.1) is 12.8 Å². The van der Waals surface area contributed by atoms with Crippen LogP contribution < -0.4 is 10.0 Å². The maximum absolute atomic E-state index is 12.6. The van der Waals surface area contributed by atoms with E-state index in [-0.39, 0.29) is 10.8 Å². The standard InChI is InChI=1S/C20H26N2O3S/c1-15(2)7-6-12-21-20(23)17-9-5-11-19(14-17)26(24,25)22-18-10-4-8-16(3)13-18/h4-5,8-11,13-15,22H,6-7,12H2,1-3H3,(H,21,23). The summed E-state index contributed by atoms with van der Waals surface area (Å²) in [6, 6.07) is 13.2. The zero-order valence-electron chi connectivity index (χ0n) is 15.5. The van der Waals surface area contributed by atoms with Crippen LogP contribution in [-0.2, 0) is 10.0 Å². The highest BCUT2D eigenvalue weighted by molar-refractivity contribution is 7.92. The number of benzene rings is 2. The van der Waals surface area contributed by atoms with Gasteiger partial charge in [-0.15, -0.1) is 0 Å². The van der Waals surface area contributed by atoms with Gasteiger partial charge < -0.3 is 5.32 Å². The third-order valence-corrected chi connectivity index (χ3v) is 5.30. The summed E-state index contributed by atoms with van der Waals surface area (Å²) in [5.74, 6) is 0.328. The highest BCUT2D eigenvalue weighted by atomic mass is 32.2. The number of aryl methyl sites for hydroxylation is 1. The molecule has 0 heterocycles. The number of amides is 1. The maximum atomic E-state index is 12.6. The molecule has 0 unspecified atom stereocenters. The number of carbonyl (C=O) groups excluding carboxylic acids is 1. The van der Waals surface area contributed by atoms with Crippen molar-refractivity contribution in [2.45, 2.75) is 38.5 Å². The quantitative estimate of drug-likeness (QED) is 0.687. The van der Waals surface area contributed by atoms with Crippen LogP contribution in [0.2, 0.25) is 0 Å². The van der Waals surface area contributed by atoms with Gasteiger partial charge in [0.15, 0.2) is 0 Å². The van der Waals surface area contributed by atoms with Gasteiger partial charge in [-0.05, 0) is 61.6 Å². The third kappa shape index (κ3) is 5.88. The summed E-state index contributed by atoms with van der Waals surface area (Å²) >= 11 is 0. The molecule has 5 nitrogen and oxygen atoms in total. The van der Waals surface area contributed by atoms with E-state index >= 15 is 0 Å². The normalized spacial score (nSPS) is 11.4. The number of sulfonamides is 1. The van der Waals surface area contributed by atoms with E-state index in [1.807, 2.05) is 13.0 Å². The van der Waals surface area contributed by atoms with Crippen molar-refractivity contribution < 1.29 is 13.2 Å². The van der Waals surface area contributed by atoms with Crippen molar-refractivity contribution >= 4 is 21.6 Å². The molecule has 0 aliphatic rings. The molecule has 0 radical (unpaired) electrons. The molecule has 2 aromatic carbocycles. The van der Waals surface area contributed by atoms with Gasteiger partial charge in [-0.2, -0.15) is 0 Å². The second-order valence-electron chi connectivity index (χ2n) is 6.79. The Balaban J connectivity index is 2.08. The Bertz CT molecular complexity index is 861. The van der Waals surface area contributed by atoms with Gasteiger partial charge in [0.1, 0.15) is 0 Å². The lowest BCUT2D eigenvalue weighted by Crippen LogP contribution is -2.25. The number of carbonyl (C=O) groups is 1. The van der Waals surface area contributed by atoms with Crippen molar-refractivity contribution in [3.63, 3.8) is 0 Å². The van der Waals surface area contributed by atoms with Crippen molar-refractivity contribution in [1.82, 2.24) is 5.32 Å². The number of anilines is 1. The van der Waals surface area contributed by atoms with Crippen LogP contribution in [0.15, 0.2) is 53.4 Å². The van der Waals surface area contributed by atoms with Crippen molar-refractivity contribution in [1.29, 1.82) is 0 Å². The van der Waals surface area contributed by atoms with Crippen LogP contribution in [0.25, 0.3) is 0 Å². The fourth-order valence-electron chi connectivity index (χ4n) is 2.54. The molecule has 0 aliphatic heterocycles. The molecule has 0 aliphatic carbocycles. The fourth-order valence-corrected chi connectivity index (χ4v) is 3.64. The molecule has 2 N–H and O–H groups in total. The van der Waals surface area contributed by atoms with Crippen molar-refractivity contribution in [2.75, 3.05) is 11.3 Å². The maximum Gasteiger partial charge on any atom is 0.261 e. The molecule has 6 heteroatoms. The first-order valence-electron chi connectivity index (χ1n) is 8.75. The van der Waals surface area contributed by atoms with E-state index in [2.05, 4.69) is 23.9 Å². The van der Waals surface area contributed by atoms with Crippen LogP contribution >= 0.6 is 0 Å². The molecular formula is C20H26N2O3S. The SMILES string of the molecule is Cc1cccc(NS(=O)(=O)c2cccc(C(=O)NCCCC(C)C)c2)c1. The molecule has 0 saturated carbocycles. The molecule has 26 heavy (non-hydrogen) atoms. The van der Waals surface area contributed by atoms with E-state index < -0.39 is 10.0 Å². The van der Waals surface area contributed by atoms with Crippen LogP contribution in [0.1, 0.15) is 42.6 Å². The van der Waals surface area contributed by atoms with E-state index in [1.165, 1.54) is 12.1 Å². The van der Waals surface area contributed by atoms with E-state index in [9.17, 15) is 13.2 Å². The second-order valence-corrected chi connectivity index (χ2v) is 8.48. The predicted molar refractivity (Wildman–Crippen MR) is 105 cm³/mol. The van der Waals surface area contributed by atoms with Crippen LogP contribution in [0.3, 0.4) is 0 Å². The fraction of sp³-hybridized carbons (Fsp3) is 0.350. The summed E-state index contributed by atoms with van der Waals surface area (Å²) in [5, 5.41) is 2.84. The first-order valence-corrected chi connectivity index (χ1v) is 10.2. The zero-order valence-corrected chi connectivity index (χ0v) is 16.3. The number of hydrogen-bond donors (Lipinski definition) is 2. The molecule has 0 spiro atoms. The Hall–Kier alpha value is -2.34. The van der Waals surface area contributed by atoms with Crippen molar-refractivity contribution in [2.24, 2.45) is 5.92 Å². The van der Waals surface area contributed by atoms with Gasteiger partial charge in [0.05, 0.1) is 4.90 Å². The van der Waals surface area contributed by atoms with Crippen LogP contribution in [0.5, 0.6) is 0 Å². The number of nitrogens with one attached hydrogen (secondary N) is 2. The van der Waals surface area contributed by atoms with Gasteiger partial charge >= 0.3 is 0 Å². The lowest BCUT2D eigenvalue weighted by atomic mass is 10.1. The minimum atomic E-state index is -3.75. The van der Waals surface area contributed by atoms with E-state index in [0.29, 0.717) is 23.7 Å². The monoisotopic (exact) mass is 374 g/mol. The van der Waals surface area contributed by atoms with Gasteiger partial charge in [0.2, 0.25) is 0 Å². The Labute approximate surface area is 155 Å². The summed E-state index contributed by atoms with van der Waals surface area (Å²) in [4.78, 5) is 12.3. The van der Waals surface area contributed by atoms with Gasteiger partial charge in [-0.1, -0.05) is 32.0 Å². The smallest absolute Gasteiger partial charge is 0.261 e. The van der Waals surface area contributed by atoms with E-state index in [4.69, 9.17) is 0 Å². The summed E-state index contributed by atoms with van der Waals surface area (Å²) < 4.78 is 27.7. The van der Waals surface area contributed by atoms with Gasteiger partial charge in [-0.3, -0.25) is 9.52 Å². The molecule has 2 aromatic rings. The highest BCUT2D eigenvalue weighted by Crippen LogP contribution is 2.18. The van der Waals surface area contributed by atoms with Crippen molar-refractivity contribution in [3.05, 3.63) is 59.7 Å². The van der Waals surface area contributed by atoms with Crippen molar-refractivity contribution in [3.8, 4) is 0 Å². The molecular weight excluding hydrogens is 348 g/mol. The molecule has 0 aromatic heterocycles. The topological polar surface area (TPSA) is 75.3 Å². The summed E-state index contributed by atoms with van der Waals surface area (Å²) in [5.41, 5.74) is 1.79. The van der Waals surface area contributed by atoms with E-state index in [0.717, 1.165) is 18.4 Å². The summed E-state index contributed by atoms with van der Waals surface area (Å²) in [6.07, 6.45) is 1.94. The zero-order chi connectivity index (χ0) is 19.2. The summed E-state index contributed by atoms with van der Waals surface area (Å²) in [6.45, 7) is 6.74. The molecule has 0 saturated heterocycles. The largest absolute Gasteiger partial charge is 0.352 e. The molecule has 1 amide bonds. The molecule has 0 bridgehead atoms. The van der Waals surface area contributed by atoms with Crippen LogP contribution in [-0.4, -0.2) is 20.9 Å². The lowest BCUT2D eigenvalue weighted by molar-refractivity contribution is 0.0952. The Kier molecular flexibility index (Phi) is 6.80. The number of rotatable bonds is 8. The highest BCUT2D eigenvalue weighted by Gasteiger charge is 2.16. The molecule has 0 atom stereocenters. The van der Waals surface area contributed by atoms with E-state index in [1.54, 1.807) is 30.3 Å². The van der Waals surface area contributed by atoms with Crippen LogP contribution in [0.4, 0.5) is 5.69 Å². The van der Waals surface area contributed by atoms with Gasteiger partial charge in [-0.25, -0.2) is 8.42 Å². The molecule has 2 rings (SSSR count). The van der Waals surface area contributed by atoms with Gasteiger partial charge in [0.25, 0.3) is 15.9 Å². The molecule has 140 valence electrons. The first kappa shape index (κ1) is 20.0. The second kappa shape index (κ2) is 8.85. The summed E-state index contributed by atoms with van der Waals surface area (Å²) in [7, 11) is -3.75. The average Bonchev–Trinajstić information content (AvgIpc) is 2.58. The Morgan fingerprint density at radius 3 is 2.50 bits per heavy atom. The lowest BCUT2D eigenvalue weighted by Gasteiger charge is -2.10. The third-order valence-electron chi connectivity index (χ3n) is 3.92. The first-order chi connectivity index (χ1) is 12.3.